The molecule has 0 aliphatic carbocycles. The zero-order valence-corrected chi connectivity index (χ0v) is 14.5. The van der Waals surface area contributed by atoms with Crippen molar-refractivity contribution in [2.24, 2.45) is 0 Å². The first-order chi connectivity index (χ1) is 9.26. The fourth-order valence-electron chi connectivity index (χ4n) is 1.59. The summed E-state index contributed by atoms with van der Waals surface area (Å²) in [7, 11) is 1.65. The van der Waals surface area contributed by atoms with Crippen LogP contribution in [0.15, 0.2) is 29.3 Å². The predicted molar refractivity (Wildman–Crippen MR) is 87.6 cm³/mol. The highest BCUT2D eigenvalue weighted by Gasteiger charge is 2.15. The lowest BCUT2D eigenvalue weighted by Gasteiger charge is -2.22. The lowest BCUT2D eigenvalue weighted by Crippen LogP contribution is -2.35. The summed E-state index contributed by atoms with van der Waals surface area (Å²) in [4.78, 5) is 0. The normalized spacial score (nSPS) is 12.9. The molecule has 20 heavy (non-hydrogen) atoms. The zero-order chi connectivity index (χ0) is 15.3. The Bertz CT molecular complexity index is 466. The number of hydrogen-bond acceptors (Lipinski definition) is 3. The topological polar surface area (TPSA) is 30.5 Å². The van der Waals surface area contributed by atoms with Gasteiger partial charge < -0.3 is 14.8 Å². The molecular formula is C16H24BrNO2. The van der Waals surface area contributed by atoms with Crippen LogP contribution in [0.25, 0.3) is 0 Å². The molecule has 0 aliphatic heterocycles. The highest BCUT2D eigenvalue weighted by atomic mass is 79.9. The summed E-state index contributed by atoms with van der Waals surface area (Å²) in [5.74, 6) is 1.43. The molecule has 112 valence electrons. The minimum Gasteiger partial charge on any atom is -0.493 e. The molecule has 4 heteroatoms. The van der Waals surface area contributed by atoms with E-state index in [1.165, 1.54) is 0 Å². The summed E-state index contributed by atoms with van der Waals surface area (Å²) >= 11 is 3.55. The van der Waals surface area contributed by atoms with Gasteiger partial charge in [0, 0.05) is 12.1 Å². The van der Waals surface area contributed by atoms with Gasteiger partial charge in [0.15, 0.2) is 11.5 Å². The third kappa shape index (κ3) is 5.17. The first-order valence-electron chi connectivity index (χ1n) is 6.67. The highest BCUT2D eigenvalue weighted by Crippen LogP contribution is 2.37. The van der Waals surface area contributed by atoms with E-state index in [1.54, 1.807) is 13.2 Å². The van der Waals surface area contributed by atoms with Crippen LogP contribution in [0.2, 0.25) is 0 Å². The summed E-state index contributed by atoms with van der Waals surface area (Å²) in [6, 6.07) is 4.04. The van der Waals surface area contributed by atoms with E-state index < -0.39 is 0 Å². The molecule has 1 aromatic carbocycles. The van der Waals surface area contributed by atoms with Gasteiger partial charge in [-0.2, -0.15) is 0 Å². The Morgan fingerprint density at radius 3 is 2.55 bits per heavy atom. The average molecular weight is 342 g/mol. The monoisotopic (exact) mass is 341 g/mol. The molecule has 0 heterocycles. The van der Waals surface area contributed by atoms with E-state index in [9.17, 15) is 0 Å². The number of benzene rings is 1. The van der Waals surface area contributed by atoms with Crippen molar-refractivity contribution in [3.8, 4) is 11.5 Å². The number of halogens is 1. The molecule has 0 amide bonds. The van der Waals surface area contributed by atoms with E-state index >= 15 is 0 Å². The molecule has 0 spiro atoms. The maximum Gasteiger partial charge on any atom is 0.176 e. The molecule has 0 radical (unpaired) electrons. The van der Waals surface area contributed by atoms with Crippen molar-refractivity contribution in [3.05, 3.63) is 34.8 Å². The maximum absolute atomic E-state index is 5.81. The van der Waals surface area contributed by atoms with Crippen LogP contribution in [-0.2, 0) is 6.54 Å². The molecule has 0 fully saturated rings. The van der Waals surface area contributed by atoms with Crippen molar-refractivity contribution in [1.29, 1.82) is 0 Å². The summed E-state index contributed by atoms with van der Waals surface area (Å²) in [6.45, 7) is 12.9. The quantitative estimate of drug-likeness (QED) is 0.782. The van der Waals surface area contributed by atoms with E-state index in [4.69, 9.17) is 9.47 Å². The third-order valence-electron chi connectivity index (χ3n) is 2.75. The third-order valence-corrected chi connectivity index (χ3v) is 3.34. The summed E-state index contributed by atoms with van der Waals surface area (Å²) < 4.78 is 12.1. The van der Waals surface area contributed by atoms with Gasteiger partial charge in [0.05, 0.1) is 11.6 Å². The fraction of sp³-hybridized carbons (Fsp3) is 0.500. The van der Waals surface area contributed by atoms with Gasteiger partial charge in [0.1, 0.15) is 6.10 Å². The smallest absolute Gasteiger partial charge is 0.176 e. The van der Waals surface area contributed by atoms with Gasteiger partial charge >= 0.3 is 0 Å². The predicted octanol–water partition coefficient (Wildman–Crippen LogP) is 4.30. The maximum atomic E-state index is 5.81. The Morgan fingerprint density at radius 2 is 2.05 bits per heavy atom. The van der Waals surface area contributed by atoms with E-state index in [2.05, 4.69) is 48.6 Å². The summed E-state index contributed by atoms with van der Waals surface area (Å²) in [5.41, 5.74) is 1.22. The van der Waals surface area contributed by atoms with Crippen LogP contribution in [-0.4, -0.2) is 18.8 Å². The van der Waals surface area contributed by atoms with Crippen LogP contribution in [0.5, 0.6) is 11.5 Å². The second-order valence-electron chi connectivity index (χ2n) is 5.77. The lowest BCUT2D eigenvalue weighted by atomic mass is 10.1. The van der Waals surface area contributed by atoms with Gasteiger partial charge in [0.25, 0.3) is 0 Å². The Labute approximate surface area is 130 Å². The Balaban J connectivity index is 2.97. The second kappa shape index (κ2) is 7.14. The Morgan fingerprint density at radius 1 is 1.40 bits per heavy atom. The first kappa shape index (κ1) is 17.1. The molecule has 0 saturated heterocycles. The number of rotatable bonds is 6. The minimum atomic E-state index is -0.0706. The summed E-state index contributed by atoms with van der Waals surface area (Å²) in [5, 5.41) is 3.45. The molecule has 0 aliphatic rings. The molecule has 0 aromatic heterocycles. The van der Waals surface area contributed by atoms with Crippen LogP contribution in [0.3, 0.4) is 0 Å². The molecule has 3 nitrogen and oxygen atoms in total. The molecule has 1 N–H and O–H groups in total. The van der Waals surface area contributed by atoms with Crippen LogP contribution in [0.4, 0.5) is 0 Å². The van der Waals surface area contributed by atoms with Crippen molar-refractivity contribution in [1.82, 2.24) is 5.32 Å². The lowest BCUT2D eigenvalue weighted by molar-refractivity contribution is 0.252. The number of ether oxygens (including phenoxy) is 2. The zero-order valence-electron chi connectivity index (χ0n) is 12.9. The molecule has 1 rings (SSSR count). The molecule has 0 saturated carbocycles. The van der Waals surface area contributed by atoms with Crippen molar-refractivity contribution in [2.75, 3.05) is 7.11 Å². The average Bonchev–Trinajstić information content (AvgIpc) is 2.37. The minimum absolute atomic E-state index is 0.0706. The van der Waals surface area contributed by atoms with Crippen LogP contribution < -0.4 is 14.8 Å². The van der Waals surface area contributed by atoms with E-state index in [-0.39, 0.29) is 11.6 Å². The summed E-state index contributed by atoms with van der Waals surface area (Å²) in [6.07, 6.45) is 1.68. The largest absolute Gasteiger partial charge is 0.493 e. The van der Waals surface area contributed by atoms with Crippen molar-refractivity contribution < 1.29 is 9.47 Å². The fourth-order valence-corrected chi connectivity index (χ4v) is 2.17. The molecule has 0 bridgehead atoms. The highest BCUT2D eigenvalue weighted by molar-refractivity contribution is 9.10. The van der Waals surface area contributed by atoms with Crippen molar-refractivity contribution in [2.45, 2.75) is 45.9 Å². The number of methoxy groups -OCH3 is 1. The van der Waals surface area contributed by atoms with Gasteiger partial charge in [-0.3, -0.25) is 0 Å². The van der Waals surface area contributed by atoms with Gasteiger partial charge in [-0.15, -0.1) is 0 Å². The van der Waals surface area contributed by atoms with Gasteiger partial charge in [-0.1, -0.05) is 12.7 Å². The Hall–Kier alpha value is -1.00. The van der Waals surface area contributed by atoms with E-state index in [0.29, 0.717) is 5.75 Å². The van der Waals surface area contributed by atoms with Crippen LogP contribution in [0, 0.1) is 0 Å². The standard InChI is InChI=1S/C16H24BrNO2/c1-7-11(2)20-15-13(17)8-12(9-14(15)19-6)10-18-16(3,4)5/h7-9,11,18H,1,10H2,2-6H3. The SMILES string of the molecule is C=CC(C)Oc1c(Br)cc(CNC(C)(C)C)cc1OC. The van der Waals surface area contributed by atoms with Gasteiger partial charge in [0.2, 0.25) is 0 Å². The van der Waals surface area contributed by atoms with Crippen LogP contribution in [0.1, 0.15) is 33.3 Å². The molecule has 1 atom stereocenters. The van der Waals surface area contributed by atoms with Gasteiger partial charge in [-0.05, 0) is 61.3 Å². The van der Waals surface area contributed by atoms with Gasteiger partial charge in [-0.25, -0.2) is 0 Å². The molecular weight excluding hydrogens is 318 g/mol. The van der Waals surface area contributed by atoms with E-state index in [0.717, 1.165) is 22.3 Å². The second-order valence-corrected chi connectivity index (χ2v) is 6.63. The van der Waals surface area contributed by atoms with Crippen LogP contribution >= 0.6 is 15.9 Å². The number of hydrogen-bond donors (Lipinski definition) is 1. The first-order valence-corrected chi connectivity index (χ1v) is 7.46. The molecule has 1 aromatic rings. The van der Waals surface area contributed by atoms with Crippen molar-refractivity contribution >= 4 is 15.9 Å². The number of nitrogens with one attached hydrogen (secondary N) is 1. The van der Waals surface area contributed by atoms with E-state index in [1.807, 2.05) is 19.1 Å². The van der Waals surface area contributed by atoms with Crippen molar-refractivity contribution in [3.63, 3.8) is 0 Å². The Kier molecular flexibility index (Phi) is 6.08. The molecule has 1 unspecified atom stereocenters.